The summed E-state index contributed by atoms with van der Waals surface area (Å²) in [4.78, 5) is 10.5. The molecule has 2 rings (SSSR count). The van der Waals surface area contributed by atoms with Gasteiger partial charge in [-0.15, -0.1) is 0 Å². The Labute approximate surface area is 215 Å². The number of carbonyl (C=O) groups is 1. The largest absolute Gasteiger partial charge is 0.491 e. The molecule has 8 heteroatoms. The summed E-state index contributed by atoms with van der Waals surface area (Å²) in [6.45, 7) is -0.0835. The minimum absolute atomic E-state index is 0. The molecule has 3 N–H and O–H groups in total. The quantitative estimate of drug-likeness (QED) is 0.257. The molecule has 0 saturated heterocycles. The predicted molar refractivity (Wildman–Crippen MR) is 110 cm³/mol. The number of hydrogen-bond acceptors (Lipinski definition) is 4. The molecule has 0 aliphatic heterocycles. The number of aliphatic hydroxyl groups excluding tert-OH is 2. The summed E-state index contributed by atoms with van der Waals surface area (Å²) in [6.07, 6.45) is 4.38. The Morgan fingerprint density at radius 3 is 2.70 bits per heavy atom. The molecule has 1 aromatic rings. The molecule has 165 valence electrons. The first-order chi connectivity index (χ1) is 13.9. The van der Waals surface area contributed by atoms with Gasteiger partial charge in [0.15, 0.2) is 0 Å². The molecular weight excluding hydrogens is 540 g/mol. The number of alkyl halides is 1. The summed E-state index contributed by atoms with van der Waals surface area (Å²) in [5.74, 6) is -0.588. The molecule has 5 nitrogen and oxygen atoms in total. The summed E-state index contributed by atoms with van der Waals surface area (Å²) in [5.41, 5.74) is 0. The molecule has 1 aliphatic rings. The van der Waals surface area contributed by atoms with Gasteiger partial charge in [0.05, 0.1) is 12.2 Å². The molecule has 1 fully saturated rings. The number of carboxylic acid groups (broad SMARTS) is 1. The Kier molecular flexibility index (Phi) is 13.6. The number of carboxylic acids is 1. The van der Waals surface area contributed by atoms with Crippen LogP contribution < -0.4 is 4.74 Å². The molecule has 0 amide bonds. The van der Waals surface area contributed by atoms with Gasteiger partial charge >= 0.3 is 5.97 Å². The molecule has 1 saturated carbocycles. The Hall–Kier alpha value is -0.266. The number of ether oxygens (including phenoxy) is 1. The number of allylic oxidation sites excluding steroid dienone is 2. The SMILES string of the molecule is O=C(O)CCC/C=C\C[C@@H]1[C@@H](CC[C@@H](F)COc2cccc(Cl)c2)[C@H](O)C[C@@H]1O.[Pr]. The van der Waals surface area contributed by atoms with Crippen LogP contribution in [0.15, 0.2) is 36.4 Å². The van der Waals surface area contributed by atoms with Gasteiger partial charge in [0, 0.05) is 52.7 Å². The number of unbranched alkanes of at least 4 members (excludes halogenated alkanes) is 1. The van der Waals surface area contributed by atoms with Crippen LogP contribution >= 0.6 is 11.6 Å². The Morgan fingerprint density at radius 2 is 2.00 bits per heavy atom. The van der Waals surface area contributed by atoms with Gasteiger partial charge in [-0.25, -0.2) is 4.39 Å². The van der Waals surface area contributed by atoms with Crippen molar-refractivity contribution in [1.29, 1.82) is 0 Å². The van der Waals surface area contributed by atoms with E-state index in [1.807, 2.05) is 12.2 Å². The second kappa shape index (κ2) is 14.7. The average molecular weight is 570 g/mol. The van der Waals surface area contributed by atoms with E-state index >= 15 is 0 Å². The van der Waals surface area contributed by atoms with Gasteiger partial charge in [0.1, 0.15) is 18.5 Å². The summed E-state index contributed by atoms with van der Waals surface area (Å²) in [7, 11) is 0. The molecule has 1 aliphatic carbocycles. The Balaban J connectivity index is 0.00000450. The van der Waals surface area contributed by atoms with Crippen molar-refractivity contribution in [3.63, 3.8) is 0 Å². The minimum atomic E-state index is -1.17. The second-order valence-electron chi connectivity index (χ2n) is 7.63. The summed E-state index contributed by atoms with van der Waals surface area (Å²) in [5, 5.41) is 29.7. The first-order valence-electron chi connectivity index (χ1n) is 10.1. The molecule has 0 spiro atoms. The van der Waals surface area contributed by atoms with E-state index in [9.17, 15) is 19.4 Å². The third-order valence-corrected chi connectivity index (χ3v) is 5.63. The number of halogens is 2. The van der Waals surface area contributed by atoms with Gasteiger partial charge in [0.25, 0.3) is 0 Å². The van der Waals surface area contributed by atoms with E-state index in [2.05, 4.69) is 0 Å². The van der Waals surface area contributed by atoms with E-state index in [4.69, 9.17) is 21.4 Å². The molecule has 1 aromatic carbocycles. The average Bonchev–Trinajstić information content (AvgIpc) is 2.93. The second-order valence-corrected chi connectivity index (χ2v) is 8.07. The van der Waals surface area contributed by atoms with Crippen molar-refractivity contribution >= 4 is 17.6 Å². The van der Waals surface area contributed by atoms with Crippen molar-refractivity contribution in [3.05, 3.63) is 41.4 Å². The summed E-state index contributed by atoms with van der Waals surface area (Å²) >= 11 is 5.88. The van der Waals surface area contributed by atoms with Crippen LogP contribution in [0.3, 0.4) is 0 Å². The molecule has 30 heavy (non-hydrogen) atoms. The van der Waals surface area contributed by atoms with Gasteiger partial charge in [-0.3, -0.25) is 4.79 Å². The number of aliphatic carboxylic acids is 1. The molecule has 0 bridgehead atoms. The summed E-state index contributed by atoms with van der Waals surface area (Å²) < 4.78 is 19.7. The number of benzene rings is 1. The molecular formula is C22H30ClFO5Pr. The third kappa shape index (κ3) is 9.91. The first-order valence-corrected chi connectivity index (χ1v) is 10.5. The van der Waals surface area contributed by atoms with E-state index in [1.54, 1.807) is 24.3 Å². The molecule has 1 radical (unpaired) electrons. The molecule has 5 atom stereocenters. The molecule has 0 unspecified atom stereocenters. The maximum absolute atomic E-state index is 14.3. The van der Waals surface area contributed by atoms with Crippen LogP contribution in [0.25, 0.3) is 0 Å². The van der Waals surface area contributed by atoms with E-state index in [1.165, 1.54) is 0 Å². The van der Waals surface area contributed by atoms with Gasteiger partial charge in [-0.1, -0.05) is 29.8 Å². The zero-order valence-electron chi connectivity index (χ0n) is 17.0. The standard InChI is InChI=1S/C22H30ClFO5.Pr/c23-15-6-5-7-17(12-15)29-14-16(24)10-11-19-18(20(25)13-21(19)26)8-3-1-2-4-9-22(27)28;/h1,3,5-7,12,16,18-21,25-26H,2,4,8-11,13-14H2,(H,27,28);/b3-1-;/t16-,18-,19-,20+,21-;/m1./s1. The van der Waals surface area contributed by atoms with Crippen LogP contribution in [0.5, 0.6) is 5.75 Å². The third-order valence-electron chi connectivity index (χ3n) is 5.40. The van der Waals surface area contributed by atoms with Crippen LogP contribution in [0.2, 0.25) is 5.02 Å². The van der Waals surface area contributed by atoms with Gasteiger partial charge in [0.2, 0.25) is 0 Å². The van der Waals surface area contributed by atoms with Crippen molar-refractivity contribution in [3.8, 4) is 5.75 Å². The van der Waals surface area contributed by atoms with Gasteiger partial charge in [-0.05, 0) is 68.6 Å². The van der Waals surface area contributed by atoms with E-state index in [-0.39, 0.29) is 72.6 Å². The van der Waals surface area contributed by atoms with Crippen LogP contribution in [0.1, 0.15) is 44.9 Å². The van der Waals surface area contributed by atoms with Crippen molar-refractivity contribution in [2.75, 3.05) is 6.61 Å². The van der Waals surface area contributed by atoms with Crippen molar-refractivity contribution < 1.29 is 70.5 Å². The first kappa shape index (κ1) is 27.8. The predicted octanol–water partition coefficient (Wildman–Crippen LogP) is 4.40. The van der Waals surface area contributed by atoms with E-state index in [0.29, 0.717) is 42.9 Å². The summed E-state index contributed by atoms with van der Waals surface area (Å²) in [6, 6.07) is 6.80. The number of rotatable bonds is 12. The van der Waals surface area contributed by atoms with Crippen LogP contribution in [-0.4, -0.2) is 46.3 Å². The Morgan fingerprint density at radius 1 is 1.27 bits per heavy atom. The monoisotopic (exact) mass is 569 g/mol. The number of aliphatic hydroxyl groups is 2. The van der Waals surface area contributed by atoms with Crippen molar-refractivity contribution in [2.24, 2.45) is 11.8 Å². The van der Waals surface area contributed by atoms with Crippen molar-refractivity contribution in [2.45, 2.75) is 63.3 Å². The van der Waals surface area contributed by atoms with Crippen LogP contribution in [-0.2, 0) is 4.79 Å². The fourth-order valence-corrected chi connectivity index (χ4v) is 4.03. The van der Waals surface area contributed by atoms with Crippen LogP contribution in [0, 0.1) is 53.1 Å². The van der Waals surface area contributed by atoms with E-state index < -0.39 is 24.3 Å². The van der Waals surface area contributed by atoms with Gasteiger partial charge in [-0.2, -0.15) is 0 Å². The maximum Gasteiger partial charge on any atom is 0.303 e. The Bertz CT molecular complexity index is 675. The van der Waals surface area contributed by atoms with Gasteiger partial charge < -0.3 is 20.1 Å². The smallest absolute Gasteiger partial charge is 0.303 e. The van der Waals surface area contributed by atoms with Crippen LogP contribution in [0.4, 0.5) is 4.39 Å². The minimum Gasteiger partial charge on any atom is -0.491 e. The normalized spacial score (nSPS) is 24.5. The zero-order valence-corrected chi connectivity index (χ0v) is 21.5. The van der Waals surface area contributed by atoms with Crippen molar-refractivity contribution in [1.82, 2.24) is 0 Å². The topological polar surface area (TPSA) is 87.0 Å². The zero-order chi connectivity index (χ0) is 21.2. The molecule has 0 aromatic heterocycles. The fraction of sp³-hybridized carbons (Fsp3) is 0.591. The number of hydrogen-bond donors (Lipinski definition) is 3. The maximum atomic E-state index is 14.3. The molecule has 0 heterocycles. The van der Waals surface area contributed by atoms with E-state index in [0.717, 1.165) is 0 Å². The fourth-order valence-electron chi connectivity index (χ4n) is 3.85.